The molecule has 2 aromatic carbocycles. The van der Waals surface area contributed by atoms with Crippen LogP contribution in [0, 0.1) is 0 Å². The lowest BCUT2D eigenvalue weighted by atomic mass is 10.0. The second kappa shape index (κ2) is 17.0. The zero-order valence-corrected chi connectivity index (χ0v) is 26.5. The molecule has 1 aromatic heterocycles. The number of halogens is 6. The Morgan fingerprint density at radius 1 is 0.891 bits per heavy atom. The van der Waals surface area contributed by atoms with Gasteiger partial charge in [-0.25, -0.2) is 4.98 Å². The summed E-state index contributed by atoms with van der Waals surface area (Å²) in [5.41, 5.74) is 1.69. The number of nitrogens with two attached hydrogens (primary N) is 1. The average molecular weight is 660 g/mol. The van der Waals surface area contributed by atoms with E-state index in [-0.39, 0.29) is 34.8 Å². The number of nitrogens with zero attached hydrogens (tertiary/aromatic N) is 5. The van der Waals surface area contributed by atoms with Gasteiger partial charge in [0, 0.05) is 46.0 Å². The molecule has 3 rings (SSSR count). The summed E-state index contributed by atoms with van der Waals surface area (Å²) in [4.78, 5) is 26.7. The SMILES string of the molecule is CN(C)CCN.COc1ccccc1Oc1nc(NCCN(C)C)ncc1C(=O)N(C)Cc1cc(C(F)(F)F)cc(C(F)(F)F)c1. The fourth-order valence-corrected chi connectivity index (χ4v) is 3.79. The molecule has 16 heteroatoms. The number of nitrogens with one attached hydrogen (secondary N) is 1. The van der Waals surface area contributed by atoms with Gasteiger partial charge in [0.15, 0.2) is 11.5 Å². The van der Waals surface area contributed by atoms with Gasteiger partial charge in [-0.1, -0.05) is 12.1 Å². The van der Waals surface area contributed by atoms with Crippen LogP contribution in [0.5, 0.6) is 17.4 Å². The highest BCUT2D eigenvalue weighted by Crippen LogP contribution is 2.37. The van der Waals surface area contributed by atoms with Crippen LogP contribution in [0.1, 0.15) is 27.0 Å². The molecule has 0 atom stereocenters. The summed E-state index contributed by atoms with van der Waals surface area (Å²) in [7, 11) is 10.4. The third kappa shape index (κ3) is 12.0. The zero-order valence-electron chi connectivity index (χ0n) is 26.5. The van der Waals surface area contributed by atoms with Gasteiger partial charge in [-0.15, -0.1) is 0 Å². The normalized spacial score (nSPS) is 11.6. The molecule has 0 aliphatic heterocycles. The first-order valence-corrected chi connectivity index (χ1v) is 13.9. The largest absolute Gasteiger partial charge is 0.493 e. The Bertz CT molecular complexity index is 1390. The van der Waals surface area contributed by atoms with Crippen molar-refractivity contribution in [1.29, 1.82) is 0 Å². The molecular formula is C30H39F6N7O3. The van der Waals surface area contributed by atoms with Crippen molar-refractivity contribution in [1.82, 2.24) is 24.7 Å². The maximum absolute atomic E-state index is 13.4. The number of ether oxygens (including phenoxy) is 2. The number of hydrogen-bond acceptors (Lipinski definition) is 9. The Hall–Kier alpha value is -4.15. The molecule has 0 spiro atoms. The summed E-state index contributed by atoms with van der Waals surface area (Å²) in [6.07, 6.45) is -8.86. The van der Waals surface area contributed by atoms with E-state index in [0.29, 0.717) is 31.0 Å². The highest BCUT2D eigenvalue weighted by Gasteiger charge is 2.37. The number of benzene rings is 2. The van der Waals surface area contributed by atoms with Crippen molar-refractivity contribution in [3.05, 3.63) is 70.9 Å². The summed E-state index contributed by atoms with van der Waals surface area (Å²) in [5.74, 6) is -0.302. The number of alkyl halides is 6. The molecule has 3 aromatic rings. The van der Waals surface area contributed by atoms with Gasteiger partial charge in [0.05, 0.1) is 18.2 Å². The van der Waals surface area contributed by atoms with Crippen LogP contribution in [0.15, 0.2) is 48.7 Å². The van der Waals surface area contributed by atoms with Gasteiger partial charge in [0.2, 0.25) is 11.8 Å². The predicted octanol–water partition coefficient (Wildman–Crippen LogP) is 5.07. The van der Waals surface area contributed by atoms with Crippen molar-refractivity contribution >= 4 is 11.9 Å². The van der Waals surface area contributed by atoms with Crippen LogP contribution in [0.25, 0.3) is 0 Å². The molecule has 3 N–H and O–H groups in total. The second-order valence-electron chi connectivity index (χ2n) is 10.6. The second-order valence-corrected chi connectivity index (χ2v) is 10.6. The van der Waals surface area contributed by atoms with E-state index >= 15 is 0 Å². The fourth-order valence-electron chi connectivity index (χ4n) is 3.79. The highest BCUT2D eigenvalue weighted by atomic mass is 19.4. The molecule has 0 fully saturated rings. The molecule has 0 saturated carbocycles. The number of anilines is 1. The minimum absolute atomic E-state index is 0.0282. The number of hydrogen-bond donors (Lipinski definition) is 2. The Balaban J connectivity index is 0.00000112. The molecule has 0 aliphatic carbocycles. The summed E-state index contributed by atoms with van der Waals surface area (Å²) in [6.45, 7) is 2.29. The van der Waals surface area contributed by atoms with Crippen LogP contribution < -0.4 is 20.5 Å². The molecule has 0 unspecified atom stereocenters. The third-order valence-electron chi connectivity index (χ3n) is 6.09. The predicted molar refractivity (Wildman–Crippen MR) is 162 cm³/mol. The van der Waals surface area contributed by atoms with Crippen molar-refractivity contribution < 1.29 is 40.6 Å². The number of likely N-dealkylation sites (N-methyl/N-ethyl adjacent to an activating group) is 2. The fraction of sp³-hybridized carbons (Fsp3) is 0.433. The van der Waals surface area contributed by atoms with E-state index in [2.05, 4.69) is 20.2 Å². The molecule has 0 radical (unpaired) electrons. The first-order chi connectivity index (χ1) is 21.5. The maximum Gasteiger partial charge on any atom is 0.416 e. The quantitative estimate of drug-likeness (QED) is 0.258. The zero-order chi connectivity index (χ0) is 34.7. The van der Waals surface area contributed by atoms with Crippen LogP contribution in [0.3, 0.4) is 0 Å². The number of para-hydroxylation sites is 2. The van der Waals surface area contributed by atoms with Gasteiger partial charge in [-0.05, 0) is 64.1 Å². The molecule has 0 saturated heterocycles. The smallest absolute Gasteiger partial charge is 0.416 e. The molecule has 46 heavy (non-hydrogen) atoms. The summed E-state index contributed by atoms with van der Waals surface area (Å²) < 4.78 is 90.9. The minimum Gasteiger partial charge on any atom is -0.493 e. The van der Waals surface area contributed by atoms with Crippen molar-refractivity contribution in [2.75, 3.05) is 73.8 Å². The molecule has 254 valence electrons. The molecule has 1 heterocycles. The van der Waals surface area contributed by atoms with E-state index in [0.717, 1.165) is 18.0 Å². The minimum atomic E-state index is -5.02. The molecular weight excluding hydrogens is 620 g/mol. The van der Waals surface area contributed by atoms with Crippen LogP contribution in [0.4, 0.5) is 32.3 Å². The van der Waals surface area contributed by atoms with Crippen LogP contribution >= 0.6 is 0 Å². The lowest BCUT2D eigenvalue weighted by Crippen LogP contribution is -2.28. The van der Waals surface area contributed by atoms with Gasteiger partial charge >= 0.3 is 12.4 Å². The maximum atomic E-state index is 13.4. The first-order valence-electron chi connectivity index (χ1n) is 13.9. The molecule has 0 bridgehead atoms. The van der Waals surface area contributed by atoms with Gasteiger partial charge < -0.3 is 35.2 Å². The monoisotopic (exact) mass is 659 g/mol. The van der Waals surface area contributed by atoms with Crippen LogP contribution in [0.2, 0.25) is 0 Å². The van der Waals surface area contributed by atoms with E-state index < -0.39 is 35.9 Å². The number of carbonyl (C=O) groups excluding carboxylic acids is 1. The Kier molecular flexibility index (Phi) is 14.0. The number of rotatable bonds is 12. The van der Waals surface area contributed by atoms with E-state index in [4.69, 9.17) is 15.2 Å². The Labute approximate surface area is 264 Å². The standard InChI is InChI=1S/C26H27F6N5O3.C4H12N2/c1-36(2)10-9-33-24-34-14-19(22(35-24)40-21-8-6-5-7-20(21)39-4)23(38)37(3)15-16-11-17(25(27,28)29)13-18(12-16)26(30,31)32;1-6(2)4-3-5/h5-8,11-14H,9-10,15H2,1-4H3,(H,33,34,35);3-5H2,1-2H3. The van der Waals surface area contributed by atoms with Gasteiger partial charge in [-0.3, -0.25) is 4.79 Å². The molecule has 1 amide bonds. The first kappa shape index (κ1) is 38.0. The van der Waals surface area contributed by atoms with E-state index in [1.807, 2.05) is 33.1 Å². The number of amides is 1. The van der Waals surface area contributed by atoms with Crippen LogP contribution in [-0.4, -0.2) is 99.1 Å². The Morgan fingerprint density at radius 3 is 1.93 bits per heavy atom. The van der Waals surface area contributed by atoms with Gasteiger partial charge in [-0.2, -0.15) is 31.3 Å². The van der Waals surface area contributed by atoms with E-state index in [1.165, 1.54) is 20.4 Å². The van der Waals surface area contributed by atoms with Crippen molar-refractivity contribution in [2.45, 2.75) is 18.9 Å². The number of carbonyl (C=O) groups is 1. The third-order valence-corrected chi connectivity index (χ3v) is 6.09. The number of methoxy groups -OCH3 is 1. The lowest BCUT2D eigenvalue weighted by Gasteiger charge is -2.21. The van der Waals surface area contributed by atoms with E-state index in [1.54, 1.807) is 24.3 Å². The lowest BCUT2D eigenvalue weighted by molar-refractivity contribution is -0.143. The van der Waals surface area contributed by atoms with Crippen molar-refractivity contribution in [2.24, 2.45) is 5.73 Å². The van der Waals surface area contributed by atoms with E-state index in [9.17, 15) is 31.1 Å². The van der Waals surface area contributed by atoms with Gasteiger partial charge in [0.25, 0.3) is 5.91 Å². The average Bonchev–Trinajstić information content (AvgIpc) is 2.96. The molecule has 0 aliphatic rings. The van der Waals surface area contributed by atoms with Crippen LogP contribution in [-0.2, 0) is 18.9 Å². The molecule has 10 nitrogen and oxygen atoms in total. The van der Waals surface area contributed by atoms with Crippen molar-refractivity contribution in [3.8, 4) is 17.4 Å². The summed E-state index contributed by atoms with van der Waals surface area (Å²) >= 11 is 0. The summed E-state index contributed by atoms with van der Waals surface area (Å²) in [6, 6.07) is 7.71. The Morgan fingerprint density at radius 2 is 1.46 bits per heavy atom. The van der Waals surface area contributed by atoms with Gasteiger partial charge in [0.1, 0.15) is 5.56 Å². The highest BCUT2D eigenvalue weighted by molar-refractivity contribution is 5.96. The van der Waals surface area contributed by atoms with Crippen molar-refractivity contribution in [3.63, 3.8) is 0 Å². The topological polar surface area (TPSA) is 109 Å². The summed E-state index contributed by atoms with van der Waals surface area (Å²) in [5, 5.41) is 2.99. The number of aromatic nitrogens is 2.